The number of pyridine rings is 1. The molecule has 5 nitrogen and oxygen atoms in total. The molecule has 2 rings (SSSR count). The molecule has 1 aliphatic carbocycles. The van der Waals surface area contributed by atoms with Gasteiger partial charge in [-0.15, -0.1) is 0 Å². The monoisotopic (exact) mass is 484 g/mol. The highest BCUT2D eigenvalue weighted by Crippen LogP contribution is 2.31. The fourth-order valence-corrected chi connectivity index (χ4v) is 4.97. The highest BCUT2D eigenvalue weighted by molar-refractivity contribution is 5.92. The fraction of sp³-hybridized carbons (Fsp3) is 0.767. The van der Waals surface area contributed by atoms with Gasteiger partial charge >= 0.3 is 5.97 Å². The van der Waals surface area contributed by atoms with Crippen molar-refractivity contribution in [1.82, 2.24) is 4.98 Å². The number of hydrogen-bond acceptors (Lipinski definition) is 5. The molecule has 0 bridgehead atoms. The third-order valence-electron chi connectivity index (χ3n) is 7.25. The van der Waals surface area contributed by atoms with E-state index in [0.29, 0.717) is 12.5 Å². The Bertz CT molecular complexity index is 750. The van der Waals surface area contributed by atoms with E-state index in [1.165, 1.54) is 83.2 Å². The number of carbonyl (C=O) groups is 1. The van der Waals surface area contributed by atoms with Crippen LogP contribution in [0.5, 0.6) is 5.88 Å². The molecule has 0 amide bonds. The van der Waals surface area contributed by atoms with Gasteiger partial charge in [0.05, 0.1) is 17.7 Å². The zero-order valence-corrected chi connectivity index (χ0v) is 22.4. The predicted octanol–water partition coefficient (Wildman–Crippen LogP) is 8.55. The molecule has 1 aromatic rings. The minimum absolute atomic E-state index is 0.0525. The summed E-state index contributed by atoms with van der Waals surface area (Å²) in [5.41, 5.74) is 0.515. The lowest BCUT2D eigenvalue weighted by atomic mass is 9.84. The first-order valence-electron chi connectivity index (χ1n) is 14.4. The average Bonchev–Trinajstić information content (AvgIpc) is 2.88. The molecule has 35 heavy (non-hydrogen) atoms. The van der Waals surface area contributed by atoms with Crippen LogP contribution >= 0.6 is 0 Å². The Balaban J connectivity index is 1.67. The third-order valence-corrected chi connectivity index (χ3v) is 7.25. The van der Waals surface area contributed by atoms with E-state index in [9.17, 15) is 10.1 Å². The highest BCUT2D eigenvalue weighted by Gasteiger charge is 2.25. The van der Waals surface area contributed by atoms with Gasteiger partial charge in [-0.2, -0.15) is 5.26 Å². The normalized spacial score (nSPS) is 17.6. The maximum atomic E-state index is 12.7. The quantitative estimate of drug-likeness (QED) is 0.154. The van der Waals surface area contributed by atoms with Crippen LogP contribution in [0.3, 0.4) is 0 Å². The van der Waals surface area contributed by atoms with Gasteiger partial charge in [-0.3, -0.25) is 0 Å². The molecule has 5 heteroatoms. The summed E-state index contributed by atoms with van der Waals surface area (Å²) in [7, 11) is 0. The lowest BCUT2D eigenvalue weighted by molar-refractivity contribution is 0.0160. The van der Waals surface area contributed by atoms with E-state index in [4.69, 9.17) is 9.47 Å². The van der Waals surface area contributed by atoms with E-state index in [0.717, 1.165) is 44.4 Å². The summed E-state index contributed by atoms with van der Waals surface area (Å²) in [6.07, 6.45) is 23.3. The smallest absolute Gasteiger partial charge is 0.341 e. The van der Waals surface area contributed by atoms with Crippen LogP contribution in [0.25, 0.3) is 0 Å². The van der Waals surface area contributed by atoms with Crippen LogP contribution in [0.15, 0.2) is 12.3 Å². The number of unbranched alkanes of at least 4 members (excludes halogenated alkanes) is 11. The molecule has 1 fully saturated rings. The highest BCUT2D eigenvalue weighted by atomic mass is 16.5. The molecule has 1 aliphatic rings. The molecular weight excluding hydrogens is 436 g/mol. The van der Waals surface area contributed by atoms with Gasteiger partial charge in [0.2, 0.25) is 5.88 Å². The zero-order chi connectivity index (χ0) is 25.1. The Kier molecular flexibility index (Phi) is 15.2. The van der Waals surface area contributed by atoms with Gasteiger partial charge in [-0.25, -0.2) is 9.78 Å². The fourth-order valence-electron chi connectivity index (χ4n) is 4.97. The number of hydrogen-bond donors (Lipinski definition) is 0. The van der Waals surface area contributed by atoms with Crippen LogP contribution in [0.1, 0.15) is 145 Å². The van der Waals surface area contributed by atoms with Gasteiger partial charge in [-0.1, -0.05) is 97.3 Å². The lowest BCUT2D eigenvalue weighted by Crippen LogP contribution is -2.25. The average molecular weight is 485 g/mol. The third kappa shape index (κ3) is 11.9. The van der Waals surface area contributed by atoms with Gasteiger partial charge in [0.1, 0.15) is 12.2 Å². The van der Waals surface area contributed by atoms with Crippen molar-refractivity contribution in [2.45, 2.75) is 136 Å². The molecular formula is C30H48N2O3. The molecule has 196 valence electrons. The lowest BCUT2D eigenvalue weighted by Gasteiger charge is -2.28. The number of esters is 1. The van der Waals surface area contributed by atoms with Gasteiger partial charge in [0, 0.05) is 12.3 Å². The van der Waals surface area contributed by atoms with E-state index in [-0.39, 0.29) is 17.2 Å². The topological polar surface area (TPSA) is 72.2 Å². The summed E-state index contributed by atoms with van der Waals surface area (Å²) >= 11 is 0. The first-order valence-corrected chi connectivity index (χ1v) is 14.4. The van der Waals surface area contributed by atoms with Crippen molar-refractivity contribution in [3.05, 3.63) is 23.4 Å². The minimum atomic E-state index is -0.438. The maximum Gasteiger partial charge on any atom is 0.341 e. The number of nitrogens with zero attached hydrogens (tertiary/aromatic N) is 2. The number of nitriles is 1. The van der Waals surface area contributed by atoms with Crippen LogP contribution in [-0.4, -0.2) is 23.7 Å². The van der Waals surface area contributed by atoms with Crippen molar-refractivity contribution in [3.63, 3.8) is 0 Å². The van der Waals surface area contributed by atoms with Crippen molar-refractivity contribution in [2.75, 3.05) is 6.61 Å². The van der Waals surface area contributed by atoms with Crippen LogP contribution in [0, 0.1) is 17.2 Å². The van der Waals surface area contributed by atoms with E-state index in [2.05, 4.69) is 24.9 Å². The van der Waals surface area contributed by atoms with Gasteiger partial charge < -0.3 is 9.47 Å². The number of carbonyl (C=O) groups excluding carboxylic acids is 1. The van der Waals surface area contributed by atoms with E-state index >= 15 is 0 Å². The second kappa shape index (κ2) is 18.2. The van der Waals surface area contributed by atoms with Gasteiger partial charge in [-0.05, 0) is 38.0 Å². The van der Waals surface area contributed by atoms with E-state index in [1.807, 2.05) is 0 Å². The molecule has 0 atom stereocenters. The summed E-state index contributed by atoms with van der Waals surface area (Å²) in [6, 6.07) is 3.68. The summed E-state index contributed by atoms with van der Waals surface area (Å²) in [5, 5.41) is 9.56. The molecule has 0 aliphatic heterocycles. The molecule has 1 aromatic heterocycles. The van der Waals surface area contributed by atoms with E-state index < -0.39 is 5.97 Å². The van der Waals surface area contributed by atoms with Crippen molar-refractivity contribution in [1.29, 1.82) is 5.26 Å². The van der Waals surface area contributed by atoms with Gasteiger partial charge in [0.15, 0.2) is 0 Å². The molecule has 0 saturated heterocycles. The van der Waals surface area contributed by atoms with E-state index in [1.54, 1.807) is 6.07 Å². The Hall–Kier alpha value is -2.09. The Morgan fingerprint density at radius 2 is 1.51 bits per heavy atom. The number of rotatable bonds is 18. The van der Waals surface area contributed by atoms with Crippen LogP contribution < -0.4 is 4.74 Å². The van der Waals surface area contributed by atoms with Crippen LogP contribution in [0.2, 0.25) is 0 Å². The second-order valence-corrected chi connectivity index (χ2v) is 10.3. The standard InChI is InChI=1S/C30H48N2O3/c1-3-5-7-9-10-11-13-15-21-34-29-22-26(23-31)28(24-32-29)30(33)35-27-19-17-25(18-20-27)16-14-12-8-6-4-2/h22,24-25,27H,3-21H2,1-2H3. The number of aromatic nitrogens is 1. The molecule has 0 aromatic carbocycles. The zero-order valence-electron chi connectivity index (χ0n) is 22.4. The van der Waals surface area contributed by atoms with Gasteiger partial charge in [0.25, 0.3) is 0 Å². The summed E-state index contributed by atoms with van der Waals surface area (Å²) < 4.78 is 11.5. The molecule has 0 spiro atoms. The molecule has 1 heterocycles. The largest absolute Gasteiger partial charge is 0.478 e. The second-order valence-electron chi connectivity index (χ2n) is 10.3. The van der Waals surface area contributed by atoms with Crippen LogP contribution in [-0.2, 0) is 4.74 Å². The predicted molar refractivity (Wildman–Crippen MR) is 142 cm³/mol. The summed E-state index contributed by atoms with van der Waals surface area (Å²) in [6.45, 7) is 5.07. The Morgan fingerprint density at radius 3 is 2.14 bits per heavy atom. The summed E-state index contributed by atoms with van der Waals surface area (Å²) in [4.78, 5) is 17.0. The first-order chi connectivity index (χ1) is 17.2. The molecule has 0 N–H and O–H groups in total. The molecule has 0 unspecified atom stereocenters. The van der Waals surface area contributed by atoms with Crippen molar-refractivity contribution < 1.29 is 14.3 Å². The Labute approximate surface area is 214 Å². The van der Waals surface area contributed by atoms with Crippen molar-refractivity contribution >= 4 is 5.97 Å². The molecule has 1 saturated carbocycles. The Morgan fingerprint density at radius 1 is 0.914 bits per heavy atom. The van der Waals surface area contributed by atoms with Crippen molar-refractivity contribution in [2.24, 2.45) is 5.92 Å². The maximum absolute atomic E-state index is 12.7. The minimum Gasteiger partial charge on any atom is -0.478 e. The first kappa shape index (κ1) is 29.1. The SMILES string of the molecule is CCCCCCCCCCOc1cc(C#N)c(C(=O)OC2CCC(CCCCCCC)CC2)cn1. The number of ether oxygens (including phenoxy) is 2. The van der Waals surface area contributed by atoms with Crippen molar-refractivity contribution in [3.8, 4) is 11.9 Å². The molecule has 0 radical (unpaired) electrons. The summed E-state index contributed by atoms with van der Waals surface area (Å²) in [5.74, 6) is 0.729. The van der Waals surface area contributed by atoms with Crippen LogP contribution in [0.4, 0.5) is 0 Å².